The first kappa shape index (κ1) is 22.6. The highest BCUT2D eigenvalue weighted by Gasteiger charge is 2.28. The van der Waals surface area contributed by atoms with Crippen molar-refractivity contribution in [3.63, 3.8) is 0 Å². The number of amides is 1. The van der Waals surface area contributed by atoms with Gasteiger partial charge in [-0.3, -0.25) is 9.78 Å². The quantitative estimate of drug-likeness (QED) is 0.502. The lowest BCUT2D eigenvalue weighted by atomic mass is 10.0. The Morgan fingerprint density at radius 1 is 1.42 bits per heavy atom. The molecule has 0 aliphatic carbocycles. The van der Waals surface area contributed by atoms with Crippen LogP contribution in [0.15, 0.2) is 36.7 Å². The third-order valence-corrected chi connectivity index (χ3v) is 5.54. The number of fused-ring (bicyclic) bond motifs is 1. The number of hydrogen-bond donors (Lipinski definition) is 3. The van der Waals surface area contributed by atoms with Gasteiger partial charge in [-0.05, 0) is 44.5 Å². The van der Waals surface area contributed by atoms with Gasteiger partial charge in [0.1, 0.15) is 12.2 Å². The molecule has 1 saturated heterocycles. The first-order valence-corrected chi connectivity index (χ1v) is 10.6. The maximum Gasteiger partial charge on any atom is 0.255 e. The van der Waals surface area contributed by atoms with Crippen molar-refractivity contribution >= 4 is 17.1 Å². The molecule has 0 unspecified atom stereocenters. The summed E-state index contributed by atoms with van der Waals surface area (Å²) in [4.78, 5) is 17.3. The van der Waals surface area contributed by atoms with Gasteiger partial charge in [0.15, 0.2) is 0 Å². The summed E-state index contributed by atoms with van der Waals surface area (Å²) >= 11 is 0. The van der Waals surface area contributed by atoms with E-state index >= 15 is 0 Å². The Hall–Kier alpha value is -3.55. The van der Waals surface area contributed by atoms with E-state index in [0.717, 1.165) is 11.9 Å². The van der Waals surface area contributed by atoms with Crippen molar-refractivity contribution in [2.24, 2.45) is 0 Å². The second-order valence-corrected chi connectivity index (χ2v) is 8.56. The van der Waals surface area contributed by atoms with Gasteiger partial charge in [-0.2, -0.15) is 10.4 Å². The van der Waals surface area contributed by atoms with Gasteiger partial charge < -0.3 is 20.5 Å². The van der Waals surface area contributed by atoms with Gasteiger partial charge in [0.05, 0.1) is 64.7 Å². The number of halogens is 1. The zero-order valence-electron chi connectivity index (χ0n) is 18.4. The monoisotopic (exact) mass is 452 g/mol. The minimum absolute atomic E-state index is 0.0254. The van der Waals surface area contributed by atoms with Gasteiger partial charge in [0.25, 0.3) is 5.91 Å². The molecule has 4 heterocycles. The van der Waals surface area contributed by atoms with Crippen LogP contribution in [0, 0.1) is 11.3 Å². The number of aromatic nitrogens is 3. The molecule has 0 spiro atoms. The molecular formula is C23H25FN6O3. The third-order valence-electron chi connectivity index (χ3n) is 5.54. The van der Waals surface area contributed by atoms with Crippen molar-refractivity contribution in [1.29, 1.82) is 5.26 Å². The number of nitriles is 1. The molecule has 10 heteroatoms. The molecular weight excluding hydrogens is 427 g/mol. The van der Waals surface area contributed by atoms with E-state index in [-0.39, 0.29) is 18.2 Å². The Morgan fingerprint density at radius 3 is 2.94 bits per heavy atom. The smallest absolute Gasteiger partial charge is 0.255 e. The summed E-state index contributed by atoms with van der Waals surface area (Å²) < 4.78 is 21.2. The van der Waals surface area contributed by atoms with Crippen molar-refractivity contribution in [2.45, 2.75) is 38.1 Å². The molecule has 9 nitrogen and oxygen atoms in total. The number of anilines is 1. The fourth-order valence-corrected chi connectivity index (χ4v) is 3.55. The van der Waals surface area contributed by atoms with Crippen molar-refractivity contribution in [3.05, 3.63) is 47.8 Å². The Labute approximate surface area is 190 Å². The number of carbonyl (C=O) groups excluding carboxylic acids is 1. The summed E-state index contributed by atoms with van der Waals surface area (Å²) in [7, 11) is 0. The van der Waals surface area contributed by atoms with Gasteiger partial charge in [0, 0.05) is 12.8 Å². The van der Waals surface area contributed by atoms with Gasteiger partial charge in [-0.15, -0.1) is 0 Å². The van der Waals surface area contributed by atoms with Crippen LogP contribution in [0.1, 0.15) is 36.2 Å². The summed E-state index contributed by atoms with van der Waals surface area (Å²) in [5, 5.41) is 29.1. The molecule has 4 rings (SSSR count). The molecule has 3 aromatic rings. The molecule has 33 heavy (non-hydrogen) atoms. The fourth-order valence-electron chi connectivity index (χ4n) is 3.55. The number of nitrogens with zero attached hydrogens (tertiary/aromatic N) is 4. The van der Waals surface area contributed by atoms with Crippen LogP contribution in [0.25, 0.3) is 16.9 Å². The first-order chi connectivity index (χ1) is 15.8. The summed E-state index contributed by atoms with van der Waals surface area (Å²) in [6.07, 6.45) is 2.08. The van der Waals surface area contributed by atoms with Crippen molar-refractivity contribution in [1.82, 2.24) is 19.9 Å². The Morgan fingerprint density at radius 2 is 2.24 bits per heavy atom. The molecule has 1 fully saturated rings. The third kappa shape index (κ3) is 4.94. The van der Waals surface area contributed by atoms with Crippen LogP contribution < -0.4 is 10.6 Å². The van der Waals surface area contributed by atoms with Gasteiger partial charge in [-0.25, -0.2) is 8.91 Å². The van der Waals surface area contributed by atoms with Crippen LogP contribution in [0.5, 0.6) is 0 Å². The van der Waals surface area contributed by atoms with Crippen LogP contribution in [0.4, 0.5) is 10.1 Å². The molecule has 172 valence electrons. The lowest BCUT2D eigenvalue weighted by Crippen LogP contribution is -2.42. The number of aliphatic hydroxyl groups is 1. The van der Waals surface area contributed by atoms with E-state index in [1.807, 2.05) is 12.1 Å². The van der Waals surface area contributed by atoms with E-state index in [1.165, 1.54) is 26.2 Å². The predicted octanol–water partition coefficient (Wildman–Crippen LogP) is 2.31. The average molecular weight is 452 g/mol. The van der Waals surface area contributed by atoms with Crippen LogP contribution in [0.3, 0.4) is 0 Å². The lowest BCUT2D eigenvalue weighted by molar-refractivity contribution is -0.00177. The van der Waals surface area contributed by atoms with Gasteiger partial charge in [0.2, 0.25) is 0 Å². The molecule has 1 aliphatic rings. The van der Waals surface area contributed by atoms with Crippen molar-refractivity contribution < 1.29 is 19.0 Å². The zero-order valence-corrected chi connectivity index (χ0v) is 18.4. The minimum Gasteiger partial charge on any atom is -0.387 e. The standard InChI is InChI=1S/C23H25FN6O3/c1-23(2,32)21(24)12-27-22(31)17-11-26-19(8-18(17)29-15-5-6-33-13-15)20-4-3-16-7-14(9-25)10-28-30(16)20/h3-4,7-8,10-11,15,21,32H,5-6,12-13H2,1-2H3,(H,26,29)(H,27,31)/t15-,21+/m0/s1. The number of pyridine rings is 1. The molecule has 0 aromatic carbocycles. The number of rotatable bonds is 7. The topological polar surface area (TPSA) is 125 Å². The average Bonchev–Trinajstić information content (AvgIpc) is 3.45. The Bertz CT molecular complexity index is 1210. The Kier molecular flexibility index (Phi) is 6.26. The zero-order chi connectivity index (χ0) is 23.6. The second kappa shape index (κ2) is 9.13. The summed E-state index contributed by atoms with van der Waals surface area (Å²) in [6.45, 7) is 3.51. The molecule has 3 N–H and O–H groups in total. The van der Waals surface area contributed by atoms with E-state index in [9.17, 15) is 14.3 Å². The first-order valence-electron chi connectivity index (χ1n) is 10.6. The molecule has 1 amide bonds. The molecule has 0 bridgehead atoms. The number of hydrogen-bond acceptors (Lipinski definition) is 7. The van der Waals surface area contributed by atoms with Crippen LogP contribution in [-0.4, -0.2) is 63.2 Å². The Balaban J connectivity index is 1.65. The second-order valence-electron chi connectivity index (χ2n) is 8.56. The summed E-state index contributed by atoms with van der Waals surface area (Å²) in [5.74, 6) is -0.501. The van der Waals surface area contributed by atoms with Crippen LogP contribution in [0.2, 0.25) is 0 Å². The van der Waals surface area contributed by atoms with Crippen LogP contribution >= 0.6 is 0 Å². The number of nitrogens with one attached hydrogen (secondary N) is 2. The highest BCUT2D eigenvalue weighted by Crippen LogP contribution is 2.27. The fraction of sp³-hybridized carbons (Fsp3) is 0.391. The summed E-state index contributed by atoms with van der Waals surface area (Å²) in [6, 6.07) is 9.24. The van der Waals surface area contributed by atoms with E-state index in [2.05, 4.69) is 26.8 Å². The highest BCUT2D eigenvalue weighted by atomic mass is 19.1. The summed E-state index contributed by atoms with van der Waals surface area (Å²) in [5.41, 5.74) is 1.69. The van der Waals surface area contributed by atoms with E-state index in [1.54, 1.807) is 16.6 Å². The SMILES string of the molecule is CC(C)(O)[C@H](F)CNC(=O)c1cnc(-c2ccc3cc(C#N)cnn23)cc1N[C@H]1CCOC1. The molecule has 0 saturated carbocycles. The molecule has 1 aliphatic heterocycles. The molecule has 0 radical (unpaired) electrons. The maximum atomic E-state index is 14.1. The number of ether oxygens (including phenoxy) is 1. The largest absolute Gasteiger partial charge is 0.387 e. The normalized spacial score (nSPS) is 17.0. The van der Waals surface area contributed by atoms with Crippen molar-refractivity contribution in [2.75, 3.05) is 25.1 Å². The molecule has 2 atom stereocenters. The molecule has 3 aromatic heterocycles. The van der Waals surface area contributed by atoms with Crippen molar-refractivity contribution in [3.8, 4) is 17.5 Å². The predicted molar refractivity (Wildman–Crippen MR) is 120 cm³/mol. The van der Waals surface area contributed by atoms with E-state index < -0.39 is 17.7 Å². The highest BCUT2D eigenvalue weighted by molar-refractivity contribution is 6.00. The number of alkyl halides is 1. The van der Waals surface area contributed by atoms with E-state index in [4.69, 9.17) is 10.00 Å². The maximum absolute atomic E-state index is 14.1. The van der Waals surface area contributed by atoms with Crippen LogP contribution in [-0.2, 0) is 4.74 Å². The van der Waals surface area contributed by atoms with E-state index in [0.29, 0.717) is 35.9 Å². The van der Waals surface area contributed by atoms with Gasteiger partial charge >= 0.3 is 0 Å². The lowest BCUT2D eigenvalue weighted by Gasteiger charge is -2.23. The minimum atomic E-state index is -1.62. The number of carbonyl (C=O) groups is 1. The van der Waals surface area contributed by atoms with Gasteiger partial charge in [-0.1, -0.05) is 0 Å².